The van der Waals surface area contributed by atoms with Crippen LogP contribution in [0.2, 0.25) is 0 Å². The lowest BCUT2D eigenvalue weighted by atomic mass is 9.97. The van der Waals surface area contributed by atoms with Crippen LogP contribution in [0.15, 0.2) is 117 Å². The number of aromatic nitrogens is 1. The molecule has 0 fully saturated rings. The van der Waals surface area contributed by atoms with Gasteiger partial charge in [-0.3, -0.25) is 0 Å². The van der Waals surface area contributed by atoms with Crippen LogP contribution in [0, 0.1) is 12.7 Å². The molecular formula is C33H20FNO3. The van der Waals surface area contributed by atoms with Crippen molar-refractivity contribution in [2.24, 2.45) is 0 Å². The van der Waals surface area contributed by atoms with Gasteiger partial charge >= 0.3 is 5.63 Å². The summed E-state index contributed by atoms with van der Waals surface area (Å²) in [5.41, 5.74) is 7.73. The van der Waals surface area contributed by atoms with Crippen LogP contribution < -0.4 is 5.63 Å². The number of halogens is 1. The summed E-state index contributed by atoms with van der Waals surface area (Å²) in [4.78, 5) is 17.9. The normalized spacial score (nSPS) is 11.5. The number of nitrogens with zero attached hydrogens (tertiary/aromatic N) is 1. The number of rotatable bonds is 3. The molecule has 7 aromatic rings. The van der Waals surface area contributed by atoms with Crippen LogP contribution in [0.5, 0.6) is 0 Å². The molecule has 0 bridgehead atoms. The van der Waals surface area contributed by atoms with E-state index in [1.54, 1.807) is 12.1 Å². The van der Waals surface area contributed by atoms with E-state index in [1.807, 2.05) is 85.8 Å². The molecule has 0 spiro atoms. The topological polar surface area (TPSA) is 56.2 Å². The molecule has 0 saturated heterocycles. The summed E-state index contributed by atoms with van der Waals surface area (Å²) in [6.07, 6.45) is 0. The first-order valence-corrected chi connectivity index (χ1v) is 12.3. The smallest absolute Gasteiger partial charge is 0.344 e. The fourth-order valence-corrected chi connectivity index (χ4v) is 5.12. The van der Waals surface area contributed by atoms with Crippen molar-refractivity contribution in [3.05, 3.63) is 125 Å². The monoisotopic (exact) mass is 497 g/mol. The minimum Gasteiger partial charge on any atom is -0.454 e. The molecule has 0 aliphatic heterocycles. The van der Waals surface area contributed by atoms with Gasteiger partial charge in [-0.1, -0.05) is 54.6 Å². The van der Waals surface area contributed by atoms with Gasteiger partial charge in [0.15, 0.2) is 5.58 Å². The Balaban J connectivity index is 1.49. The minimum absolute atomic E-state index is 0.301. The van der Waals surface area contributed by atoms with Crippen LogP contribution in [0.4, 0.5) is 4.39 Å². The number of fused-ring (bicyclic) bond motifs is 4. The highest BCUT2D eigenvalue weighted by Crippen LogP contribution is 2.38. The molecule has 182 valence electrons. The summed E-state index contributed by atoms with van der Waals surface area (Å²) in [5, 5.41) is 1.74. The highest BCUT2D eigenvalue weighted by atomic mass is 19.1. The first-order valence-electron chi connectivity index (χ1n) is 12.3. The Morgan fingerprint density at radius 3 is 2.21 bits per heavy atom. The second kappa shape index (κ2) is 8.53. The van der Waals surface area contributed by atoms with E-state index in [4.69, 9.17) is 13.8 Å². The molecular weight excluding hydrogens is 477 g/mol. The van der Waals surface area contributed by atoms with Crippen LogP contribution in [-0.2, 0) is 0 Å². The average molecular weight is 498 g/mol. The molecule has 0 radical (unpaired) electrons. The summed E-state index contributed by atoms with van der Waals surface area (Å²) in [7, 11) is 0. The third kappa shape index (κ3) is 3.51. The van der Waals surface area contributed by atoms with Gasteiger partial charge in [0.05, 0.1) is 11.3 Å². The largest absolute Gasteiger partial charge is 0.454 e. The second-order valence-corrected chi connectivity index (χ2v) is 9.30. The average Bonchev–Trinajstić information content (AvgIpc) is 3.32. The molecule has 4 nitrogen and oxygen atoms in total. The van der Waals surface area contributed by atoms with E-state index in [1.165, 1.54) is 12.1 Å². The summed E-state index contributed by atoms with van der Waals surface area (Å²) in [6, 6.07) is 31.4. The Labute approximate surface area is 216 Å². The van der Waals surface area contributed by atoms with E-state index >= 15 is 0 Å². The molecule has 0 aliphatic rings. The van der Waals surface area contributed by atoms with Crippen LogP contribution in [0.3, 0.4) is 0 Å². The van der Waals surface area contributed by atoms with Crippen LogP contribution in [0.25, 0.3) is 66.5 Å². The molecule has 4 aromatic carbocycles. The van der Waals surface area contributed by atoms with Gasteiger partial charge < -0.3 is 8.83 Å². The number of furan rings is 1. The van der Waals surface area contributed by atoms with E-state index in [-0.39, 0.29) is 11.4 Å². The minimum atomic E-state index is -0.364. The zero-order chi connectivity index (χ0) is 25.8. The number of benzene rings is 4. The standard InChI is InChI=1S/C33H20FNO3/c1-19-25-17-22(13-16-29(25)38-33(36)30(19)21-7-3-2-4-8-21)27-18-26(20-11-14-23(34)15-12-20)32-31(35-27)24-9-5-6-10-28(24)37-32/h2-18H,1H3. The number of hydrogen-bond donors (Lipinski definition) is 0. The number of pyridine rings is 1. The second-order valence-electron chi connectivity index (χ2n) is 9.30. The van der Waals surface area contributed by atoms with Crippen molar-refractivity contribution in [1.82, 2.24) is 4.98 Å². The van der Waals surface area contributed by atoms with Crippen molar-refractivity contribution in [2.45, 2.75) is 6.92 Å². The predicted molar refractivity (Wildman–Crippen MR) is 149 cm³/mol. The number of hydrogen-bond acceptors (Lipinski definition) is 4. The SMILES string of the molecule is Cc1c(-c2ccccc2)c(=O)oc2ccc(-c3cc(-c4ccc(F)cc4)c4oc5ccccc5c4n3)cc12. The Morgan fingerprint density at radius 1 is 0.684 bits per heavy atom. The molecule has 0 unspecified atom stereocenters. The Hall–Kier alpha value is -5.03. The predicted octanol–water partition coefficient (Wildman–Crippen LogP) is 8.54. The van der Waals surface area contributed by atoms with Crippen LogP contribution in [-0.4, -0.2) is 4.98 Å². The Bertz CT molecular complexity index is 2060. The fraction of sp³-hybridized carbons (Fsp3) is 0.0303. The Kier molecular flexibility index (Phi) is 4.98. The molecule has 0 N–H and O–H groups in total. The maximum Gasteiger partial charge on any atom is 0.344 e. The van der Waals surface area contributed by atoms with E-state index in [2.05, 4.69) is 0 Å². The quantitative estimate of drug-likeness (QED) is 0.230. The molecule has 0 atom stereocenters. The van der Waals surface area contributed by atoms with Crippen LogP contribution in [0.1, 0.15) is 5.56 Å². The van der Waals surface area contributed by atoms with E-state index in [9.17, 15) is 9.18 Å². The highest BCUT2D eigenvalue weighted by Gasteiger charge is 2.18. The molecule has 0 amide bonds. The van der Waals surface area contributed by atoms with Gasteiger partial charge in [-0.2, -0.15) is 0 Å². The maximum absolute atomic E-state index is 13.7. The third-order valence-electron chi connectivity index (χ3n) is 7.01. The van der Waals surface area contributed by atoms with E-state index < -0.39 is 0 Å². The van der Waals surface area contributed by atoms with Crippen molar-refractivity contribution in [3.8, 4) is 33.5 Å². The Morgan fingerprint density at radius 2 is 1.39 bits per heavy atom. The number of aryl methyl sites for hydroxylation is 1. The summed E-state index contributed by atoms with van der Waals surface area (Å²) in [5.74, 6) is -0.301. The molecule has 3 aromatic heterocycles. The zero-order valence-corrected chi connectivity index (χ0v) is 20.4. The zero-order valence-electron chi connectivity index (χ0n) is 20.4. The lowest BCUT2D eigenvalue weighted by Crippen LogP contribution is -2.06. The fourth-order valence-electron chi connectivity index (χ4n) is 5.12. The van der Waals surface area contributed by atoms with Gasteiger partial charge in [0.1, 0.15) is 22.5 Å². The summed E-state index contributed by atoms with van der Waals surface area (Å²) < 4.78 is 25.7. The van der Waals surface area contributed by atoms with Crippen molar-refractivity contribution < 1.29 is 13.2 Å². The van der Waals surface area contributed by atoms with Gasteiger partial charge in [-0.25, -0.2) is 14.2 Å². The molecule has 5 heteroatoms. The molecule has 38 heavy (non-hydrogen) atoms. The third-order valence-corrected chi connectivity index (χ3v) is 7.01. The molecule has 3 heterocycles. The molecule has 0 saturated carbocycles. The van der Waals surface area contributed by atoms with Crippen LogP contribution >= 0.6 is 0 Å². The number of para-hydroxylation sites is 1. The first-order chi connectivity index (χ1) is 18.6. The lowest BCUT2D eigenvalue weighted by molar-refractivity contribution is 0.562. The first kappa shape index (κ1) is 22.2. The highest BCUT2D eigenvalue weighted by molar-refractivity contribution is 6.08. The van der Waals surface area contributed by atoms with Gasteiger partial charge in [0, 0.05) is 21.9 Å². The van der Waals surface area contributed by atoms with Crippen molar-refractivity contribution in [3.63, 3.8) is 0 Å². The molecule has 7 rings (SSSR count). The van der Waals surface area contributed by atoms with Crippen molar-refractivity contribution in [2.75, 3.05) is 0 Å². The van der Waals surface area contributed by atoms with E-state index in [0.717, 1.165) is 55.4 Å². The maximum atomic E-state index is 13.7. The van der Waals surface area contributed by atoms with E-state index in [0.29, 0.717) is 16.7 Å². The lowest BCUT2D eigenvalue weighted by Gasteiger charge is -2.11. The van der Waals surface area contributed by atoms with Gasteiger partial charge in [-0.15, -0.1) is 0 Å². The summed E-state index contributed by atoms with van der Waals surface area (Å²) in [6.45, 7) is 1.94. The van der Waals surface area contributed by atoms with Gasteiger partial charge in [-0.05, 0) is 72.1 Å². The molecule has 0 aliphatic carbocycles. The van der Waals surface area contributed by atoms with Gasteiger partial charge in [0.25, 0.3) is 0 Å². The van der Waals surface area contributed by atoms with Gasteiger partial charge in [0.2, 0.25) is 0 Å². The summed E-state index contributed by atoms with van der Waals surface area (Å²) >= 11 is 0. The van der Waals surface area contributed by atoms with Crippen molar-refractivity contribution in [1.29, 1.82) is 0 Å². The van der Waals surface area contributed by atoms with Crippen molar-refractivity contribution >= 4 is 33.0 Å².